The second-order valence-corrected chi connectivity index (χ2v) is 9.06. The number of hydrogen-bond acceptors (Lipinski definition) is 5. The molecule has 3 aromatic rings. The third-order valence-corrected chi connectivity index (χ3v) is 7.25. The summed E-state index contributed by atoms with van der Waals surface area (Å²) in [6.07, 6.45) is 4.82. The number of nitrogens with zero attached hydrogens (tertiary/aromatic N) is 5. The number of aromatic nitrogens is 5. The van der Waals surface area contributed by atoms with Gasteiger partial charge in [-0.2, -0.15) is 8.78 Å². The zero-order valence-electron chi connectivity index (χ0n) is 17.5. The normalized spacial score (nSPS) is 25.8. The van der Waals surface area contributed by atoms with Crippen molar-refractivity contribution >= 4 is 0 Å². The van der Waals surface area contributed by atoms with Gasteiger partial charge in [0.05, 0.1) is 0 Å². The molecule has 0 atom stereocenters. The number of rotatable bonds is 5. The van der Waals surface area contributed by atoms with Crippen LogP contribution < -0.4 is 0 Å². The van der Waals surface area contributed by atoms with Crippen molar-refractivity contribution in [3.63, 3.8) is 0 Å². The molecule has 3 fully saturated rings. The molecule has 0 radical (unpaired) electrons. The van der Waals surface area contributed by atoms with E-state index in [0.717, 1.165) is 56.8 Å². The Balaban J connectivity index is 1.43. The van der Waals surface area contributed by atoms with Crippen LogP contribution in [0.25, 0.3) is 11.4 Å². The van der Waals surface area contributed by atoms with Gasteiger partial charge >= 0.3 is 5.92 Å². The van der Waals surface area contributed by atoms with E-state index in [0.29, 0.717) is 17.3 Å². The van der Waals surface area contributed by atoms with Crippen molar-refractivity contribution in [1.82, 2.24) is 25.0 Å². The van der Waals surface area contributed by atoms with Crippen molar-refractivity contribution in [2.75, 3.05) is 0 Å². The lowest BCUT2D eigenvalue weighted by atomic mass is 9.53. The number of alkyl halides is 3. The lowest BCUT2D eigenvalue weighted by molar-refractivity contribution is -0.0154. The van der Waals surface area contributed by atoms with Crippen molar-refractivity contribution in [3.8, 4) is 11.4 Å². The summed E-state index contributed by atoms with van der Waals surface area (Å²) in [5.74, 6) is -1.88. The van der Waals surface area contributed by atoms with E-state index >= 15 is 0 Å². The Morgan fingerprint density at radius 2 is 1.61 bits per heavy atom. The fourth-order valence-corrected chi connectivity index (χ4v) is 5.34. The predicted octanol–water partition coefficient (Wildman–Crippen LogP) is 4.99. The van der Waals surface area contributed by atoms with Gasteiger partial charge in [0.1, 0.15) is 12.5 Å². The van der Waals surface area contributed by atoms with Crippen LogP contribution in [0, 0.1) is 0 Å². The molecule has 0 unspecified atom stereocenters. The Hall–Kier alpha value is -2.71. The highest BCUT2D eigenvalue weighted by Gasteiger charge is 2.55. The molecule has 0 saturated heterocycles. The fourth-order valence-electron chi connectivity index (χ4n) is 5.34. The van der Waals surface area contributed by atoms with Gasteiger partial charge in [0, 0.05) is 30.4 Å². The summed E-state index contributed by atoms with van der Waals surface area (Å²) >= 11 is 0. The lowest BCUT2D eigenvalue weighted by Gasteiger charge is -2.51. The quantitative estimate of drug-likeness (QED) is 0.569. The van der Waals surface area contributed by atoms with Crippen LogP contribution in [-0.2, 0) is 30.5 Å². The topological polar surface area (TPSA) is 69.6 Å². The maximum Gasteiger partial charge on any atom is 0.321 e. The maximum absolute atomic E-state index is 13.6. The minimum atomic E-state index is -3.14. The van der Waals surface area contributed by atoms with E-state index in [1.807, 2.05) is 29.8 Å². The summed E-state index contributed by atoms with van der Waals surface area (Å²) in [5.41, 5.74) is 0.862. The second-order valence-electron chi connectivity index (χ2n) is 9.06. The summed E-state index contributed by atoms with van der Waals surface area (Å²) in [7, 11) is 1.93. The second kappa shape index (κ2) is 6.90. The van der Waals surface area contributed by atoms with Crippen molar-refractivity contribution < 1.29 is 17.6 Å². The molecule has 6 nitrogen and oxygen atoms in total. The van der Waals surface area contributed by atoms with Gasteiger partial charge in [-0.1, -0.05) is 24.3 Å². The molecule has 0 amide bonds. The van der Waals surface area contributed by atoms with Crippen LogP contribution in [0.4, 0.5) is 13.2 Å². The standard InChI is InChI=1S/C22H24F3N5O/c1-20(24,25)18-28-29-19(31-18)22-10-7-21(8-11-22,9-12-22)17-27-26-16(30(17)2)15-6-4-3-5-14(15)13-23/h3-6H,7-13H2,1-2H3. The average Bonchev–Trinajstić information content (AvgIpc) is 3.43. The first kappa shape index (κ1) is 20.2. The third kappa shape index (κ3) is 3.08. The summed E-state index contributed by atoms with van der Waals surface area (Å²) in [5, 5.41) is 16.5. The SMILES string of the molecule is Cn1c(-c2ccccc2CF)nnc1C12CCC(c3nnc(C(C)(F)F)o3)(CC1)CC2. The van der Waals surface area contributed by atoms with Crippen LogP contribution in [0.1, 0.15) is 68.6 Å². The van der Waals surface area contributed by atoms with Crippen LogP contribution in [0.3, 0.4) is 0 Å². The maximum atomic E-state index is 13.6. The van der Waals surface area contributed by atoms with Crippen LogP contribution in [0.5, 0.6) is 0 Å². The summed E-state index contributed by atoms with van der Waals surface area (Å²) < 4.78 is 48.0. The largest absolute Gasteiger partial charge is 0.419 e. The minimum absolute atomic E-state index is 0.135. The molecule has 0 aliphatic heterocycles. The Bertz CT molecular complexity index is 1090. The monoisotopic (exact) mass is 431 g/mol. The number of hydrogen-bond donors (Lipinski definition) is 0. The van der Waals surface area contributed by atoms with E-state index in [4.69, 9.17) is 4.42 Å². The number of fused-ring (bicyclic) bond motifs is 3. The lowest BCUT2D eigenvalue weighted by Crippen LogP contribution is -2.47. The fraction of sp³-hybridized carbons (Fsp3) is 0.545. The first-order valence-corrected chi connectivity index (χ1v) is 10.5. The molecule has 9 heteroatoms. The molecule has 3 saturated carbocycles. The zero-order chi connectivity index (χ0) is 21.9. The number of benzene rings is 1. The van der Waals surface area contributed by atoms with Gasteiger partial charge in [-0.15, -0.1) is 20.4 Å². The average molecular weight is 431 g/mol. The Kier molecular flexibility index (Phi) is 4.50. The molecule has 2 bridgehead atoms. The number of halogens is 3. The van der Waals surface area contributed by atoms with E-state index in [9.17, 15) is 13.2 Å². The zero-order valence-corrected chi connectivity index (χ0v) is 17.5. The summed E-state index contributed by atoms with van der Waals surface area (Å²) in [6.45, 7) is 0.205. The Morgan fingerprint density at radius 3 is 2.23 bits per heavy atom. The predicted molar refractivity (Wildman–Crippen MR) is 106 cm³/mol. The van der Waals surface area contributed by atoms with Crippen molar-refractivity contribution in [1.29, 1.82) is 0 Å². The van der Waals surface area contributed by atoms with Crippen LogP contribution in [0.15, 0.2) is 28.7 Å². The van der Waals surface area contributed by atoms with Gasteiger partial charge in [0.2, 0.25) is 5.89 Å². The molecule has 6 rings (SSSR count). The van der Waals surface area contributed by atoms with Crippen LogP contribution >= 0.6 is 0 Å². The van der Waals surface area contributed by atoms with Crippen molar-refractivity contribution in [2.45, 2.75) is 68.9 Å². The Labute approximate surface area is 177 Å². The van der Waals surface area contributed by atoms with Gasteiger partial charge in [-0.3, -0.25) is 0 Å². The Morgan fingerprint density at radius 1 is 0.968 bits per heavy atom. The molecule has 2 heterocycles. The van der Waals surface area contributed by atoms with E-state index in [1.165, 1.54) is 0 Å². The van der Waals surface area contributed by atoms with Crippen molar-refractivity contribution in [3.05, 3.63) is 47.4 Å². The van der Waals surface area contributed by atoms with E-state index < -0.39 is 18.5 Å². The molecule has 2 aromatic heterocycles. The van der Waals surface area contributed by atoms with E-state index in [2.05, 4.69) is 20.4 Å². The highest BCUT2D eigenvalue weighted by Crippen LogP contribution is 2.58. The van der Waals surface area contributed by atoms with Gasteiger partial charge < -0.3 is 8.98 Å². The first-order chi connectivity index (χ1) is 14.8. The molecule has 0 N–H and O–H groups in total. The minimum Gasteiger partial charge on any atom is -0.419 e. The van der Waals surface area contributed by atoms with Gasteiger partial charge in [-0.25, -0.2) is 4.39 Å². The molecule has 3 aliphatic carbocycles. The molecule has 3 aliphatic rings. The van der Waals surface area contributed by atoms with Crippen LogP contribution in [0.2, 0.25) is 0 Å². The molecular formula is C22H24F3N5O. The molecule has 31 heavy (non-hydrogen) atoms. The summed E-state index contributed by atoms with van der Waals surface area (Å²) in [4.78, 5) is 0. The van der Waals surface area contributed by atoms with Crippen molar-refractivity contribution in [2.24, 2.45) is 7.05 Å². The van der Waals surface area contributed by atoms with Gasteiger partial charge in [0.25, 0.3) is 5.89 Å². The highest BCUT2D eigenvalue weighted by molar-refractivity contribution is 5.60. The van der Waals surface area contributed by atoms with Gasteiger partial charge in [0.15, 0.2) is 5.82 Å². The molecule has 0 spiro atoms. The molecular weight excluding hydrogens is 407 g/mol. The van der Waals surface area contributed by atoms with Crippen LogP contribution in [-0.4, -0.2) is 25.0 Å². The van der Waals surface area contributed by atoms with E-state index in [-0.39, 0.29) is 10.8 Å². The van der Waals surface area contributed by atoms with Gasteiger partial charge in [-0.05, 0) is 44.1 Å². The molecule has 1 aromatic carbocycles. The third-order valence-electron chi connectivity index (χ3n) is 7.25. The van der Waals surface area contributed by atoms with E-state index in [1.54, 1.807) is 6.07 Å². The smallest absolute Gasteiger partial charge is 0.321 e. The molecule has 164 valence electrons. The highest BCUT2D eigenvalue weighted by atomic mass is 19.3. The first-order valence-electron chi connectivity index (χ1n) is 10.5. The summed E-state index contributed by atoms with van der Waals surface area (Å²) in [6, 6.07) is 7.31.